The fraction of sp³-hybridized carbons (Fsp3) is 0.500. The van der Waals surface area contributed by atoms with Gasteiger partial charge in [0.25, 0.3) is 0 Å². The Hall–Kier alpha value is 2.02. The molecule has 0 radical (unpaired) electrons. The Kier molecular flexibility index (Phi) is 24.9. The van der Waals surface area contributed by atoms with Crippen LogP contribution >= 0.6 is 24.0 Å². The zero-order chi connectivity index (χ0) is 4.28. The number of nitrogens with two attached hydrogens (primary N) is 1. The van der Waals surface area contributed by atoms with E-state index in [1.54, 1.807) is 0 Å². The molecule has 0 rings (SSSR count). The molecule has 0 atom stereocenters. The van der Waals surface area contributed by atoms with Crippen LogP contribution in [0.5, 0.6) is 0 Å². The van der Waals surface area contributed by atoms with Gasteiger partial charge >= 0.3 is 37.7 Å². The second-order valence-corrected chi connectivity index (χ2v) is 2.07. The third kappa shape index (κ3) is 18.0. The van der Waals surface area contributed by atoms with Crippen LogP contribution in [0.2, 0.25) is 0 Å². The molecule has 7 heavy (non-hydrogen) atoms. The van der Waals surface area contributed by atoms with Gasteiger partial charge in [0, 0.05) is 17.1 Å². The Morgan fingerprint density at radius 2 is 2.00 bits per heavy atom. The Bertz CT molecular complexity index is 57.8. The molecule has 0 spiro atoms. The van der Waals surface area contributed by atoms with E-state index in [4.69, 9.17) is 5.73 Å². The van der Waals surface area contributed by atoms with Crippen LogP contribution in [-0.2, 0) is 17.1 Å². The summed E-state index contributed by atoms with van der Waals surface area (Å²) in [5.74, 6) is 0. The van der Waals surface area contributed by atoms with Gasteiger partial charge in [-0.2, -0.15) is 0 Å². The summed E-state index contributed by atoms with van der Waals surface area (Å²) < 4.78 is 0.505. The first kappa shape index (κ1) is 16.0. The molecule has 0 bridgehead atoms. The zero-order valence-electron chi connectivity index (χ0n) is 5.95. The van der Waals surface area contributed by atoms with Crippen LogP contribution in [0.15, 0.2) is 0 Å². The van der Waals surface area contributed by atoms with Gasteiger partial charge in [-0.25, -0.2) is 0 Å². The summed E-state index contributed by atoms with van der Waals surface area (Å²) in [6.07, 6.45) is 1.85. The first-order valence-electron chi connectivity index (χ1n) is 1.11. The van der Waals surface area contributed by atoms with Crippen molar-refractivity contribution in [2.24, 2.45) is 5.73 Å². The van der Waals surface area contributed by atoms with Crippen molar-refractivity contribution < 1.29 is 19.9 Å². The molecular weight excluding hydrogens is 198 g/mol. The van der Waals surface area contributed by atoms with Crippen LogP contribution in [-0.4, -0.2) is 48.3 Å². The maximum atomic E-state index is 4.99. The van der Waals surface area contributed by atoms with E-state index in [0.717, 1.165) is 0 Å². The predicted octanol–water partition coefficient (Wildman–Crippen LogP) is 0.435. The second-order valence-electron chi connectivity index (χ2n) is 0.523. The average molecular weight is 205 g/mol. The number of hydrogen-bond acceptors (Lipinski definition) is 2. The van der Waals surface area contributed by atoms with E-state index in [1.807, 2.05) is 6.26 Å². The van der Waals surface area contributed by atoms with Gasteiger partial charge in [0.1, 0.15) is 4.32 Å². The minimum atomic E-state index is 0. The molecule has 0 aromatic carbocycles. The molecule has 2 N–H and O–H groups in total. The van der Waals surface area contributed by atoms with Crippen LogP contribution in [0.3, 0.4) is 0 Å². The minimum Gasteiger partial charge on any atom is -1.00 e. The van der Waals surface area contributed by atoms with Gasteiger partial charge in [-0.15, -0.1) is 11.8 Å². The molecule has 0 amide bonds. The van der Waals surface area contributed by atoms with Crippen molar-refractivity contribution in [3.8, 4) is 0 Å². The summed E-state index contributed by atoms with van der Waals surface area (Å²) in [6, 6.07) is 0. The van der Waals surface area contributed by atoms with Gasteiger partial charge in [0.05, 0.1) is 0 Å². The van der Waals surface area contributed by atoms with E-state index in [-0.39, 0.29) is 57.7 Å². The minimum absolute atomic E-state index is 0. The summed E-state index contributed by atoms with van der Waals surface area (Å²) >= 11 is 5.83. The van der Waals surface area contributed by atoms with E-state index in [0.29, 0.717) is 4.32 Å². The monoisotopic (exact) mass is 205 g/mol. The quantitative estimate of drug-likeness (QED) is 0.459. The Morgan fingerprint density at radius 3 is 2.00 bits per heavy atom. The predicted molar refractivity (Wildman–Crippen MR) is 38.3 cm³/mol. The van der Waals surface area contributed by atoms with Crippen LogP contribution in [0, 0.1) is 0 Å². The van der Waals surface area contributed by atoms with Gasteiger partial charge < -0.3 is 8.59 Å². The largest absolute Gasteiger partial charge is 2.00 e. The molecule has 0 aliphatic rings. The molecule has 0 aromatic heterocycles. The van der Waals surface area contributed by atoms with E-state index >= 15 is 0 Å². The summed E-state index contributed by atoms with van der Waals surface area (Å²) in [6.45, 7) is 0. The maximum Gasteiger partial charge on any atom is 2.00 e. The van der Waals surface area contributed by atoms with Crippen molar-refractivity contribution in [1.82, 2.24) is 0 Å². The van der Waals surface area contributed by atoms with Gasteiger partial charge in [-0.3, -0.25) is 0 Å². The fourth-order valence-electron chi connectivity index (χ4n) is 0. The smallest absolute Gasteiger partial charge is 1.00 e. The molecule has 0 aromatic rings. The molecule has 0 fully saturated rings. The maximum absolute atomic E-state index is 4.99. The van der Waals surface area contributed by atoms with Gasteiger partial charge in [0.2, 0.25) is 0 Å². The topological polar surface area (TPSA) is 26.0 Å². The Balaban J connectivity index is -0.0000000133. The molecule has 0 saturated heterocycles. The SMILES string of the molecule is CSC(N)=S.[Ca+2].[Fe].[H-].[H-]. The molecule has 42 valence electrons. The van der Waals surface area contributed by atoms with Crippen molar-refractivity contribution in [2.45, 2.75) is 0 Å². The van der Waals surface area contributed by atoms with E-state index in [9.17, 15) is 0 Å². The number of thiocarbonyl (C=S) groups is 1. The summed E-state index contributed by atoms with van der Waals surface area (Å²) in [5, 5.41) is 0. The van der Waals surface area contributed by atoms with Crippen molar-refractivity contribution in [2.75, 3.05) is 6.26 Å². The molecule has 1 nitrogen and oxygen atoms in total. The van der Waals surface area contributed by atoms with Crippen molar-refractivity contribution in [3.63, 3.8) is 0 Å². The van der Waals surface area contributed by atoms with E-state index in [1.165, 1.54) is 11.8 Å². The summed E-state index contributed by atoms with van der Waals surface area (Å²) in [4.78, 5) is 0. The number of thioether (sulfide) groups is 1. The molecule has 0 heterocycles. The fourth-order valence-corrected chi connectivity index (χ4v) is 0. The van der Waals surface area contributed by atoms with Crippen LogP contribution in [0.1, 0.15) is 2.85 Å². The first-order chi connectivity index (χ1) is 2.27. The van der Waals surface area contributed by atoms with Crippen LogP contribution < -0.4 is 5.73 Å². The second kappa shape index (κ2) is 10.9. The van der Waals surface area contributed by atoms with Crippen molar-refractivity contribution >= 4 is 66.0 Å². The summed E-state index contributed by atoms with van der Waals surface area (Å²) in [5.41, 5.74) is 4.99. The van der Waals surface area contributed by atoms with E-state index in [2.05, 4.69) is 12.2 Å². The molecule has 0 unspecified atom stereocenters. The zero-order valence-corrected chi connectivity index (χ0v) is 8.90. The molecule has 0 aliphatic heterocycles. The molecule has 0 aliphatic carbocycles. The van der Waals surface area contributed by atoms with Gasteiger partial charge in [-0.1, -0.05) is 12.2 Å². The Morgan fingerprint density at radius 1 is 1.86 bits per heavy atom. The van der Waals surface area contributed by atoms with Gasteiger partial charge in [0.15, 0.2) is 0 Å². The normalized spacial score (nSPS) is 5.29. The third-order valence-electron chi connectivity index (χ3n) is 0.201. The first-order valence-corrected chi connectivity index (χ1v) is 2.74. The molecule has 5 heteroatoms. The average Bonchev–Trinajstić information content (AvgIpc) is 1.38. The number of rotatable bonds is 0. The van der Waals surface area contributed by atoms with Crippen LogP contribution in [0.25, 0.3) is 0 Å². The van der Waals surface area contributed by atoms with Crippen LogP contribution in [0.4, 0.5) is 0 Å². The summed E-state index contributed by atoms with van der Waals surface area (Å²) in [7, 11) is 0. The number of hydrogen-bond donors (Lipinski definition) is 1. The third-order valence-corrected chi connectivity index (χ3v) is 1.10. The molecular formula is C2H7CaFeNS2. The Labute approximate surface area is 96.6 Å². The van der Waals surface area contributed by atoms with Crippen molar-refractivity contribution in [1.29, 1.82) is 0 Å². The van der Waals surface area contributed by atoms with E-state index < -0.39 is 0 Å². The molecule has 0 saturated carbocycles. The standard InChI is InChI=1S/C2H5NS2.Ca.Fe.2H/c1-5-2(3)4;;;;/h1H3,(H2,3,4);;;;/q;+2;;2*-1. The van der Waals surface area contributed by atoms with Gasteiger partial charge in [-0.05, 0) is 6.26 Å². The van der Waals surface area contributed by atoms with Crippen molar-refractivity contribution in [3.05, 3.63) is 0 Å².